The number of nitriles is 1. The summed E-state index contributed by atoms with van der Waals surface area (Å²) in [5.41, 5.74) is -1.76. The fourth-order valence-corrected chi connectivity index (χ4v) is 8.47. The number of ether oxygens (including phenoxy) is 1. The van der Waals surface area contributed by atoms with Gasteiger partial charge < -0.3 is 9.84 Å². The molecule has 5 rings (SSSR count). The van der Waals surface area contributed by atoms with E-state index in [9.17, 15) is 15.2 Å². The molecule has 4 saturated carbocycles. The Morgan fingerprint density at radius 1 is 1.04 bits per heavy atom. The zero-order valence-electron chi connectivity index (χ0n) is 16.5. The van der Waals surface area contributed by atoms with Crippen molar-refractivity contribution in [1.82, 2.24) is 0 Å². The number of epoxide rings is 1. The fraction of sp³-hybridized carbons (Fsp3) is 0.909. The maximum atomic E-state index is 12.8. The van der Waals surface area contributed by atoms with Crippen LogP contribution in [-0.2, 0) is 9.53 Å². The molecular formula is C22H31NO3. The Morgan fingerprint density at radius 3 is 2.38 bits per heavy atom. The molecule has 5 fully saturated rings. The first-order valence-corrected chi connectivity index (χ1v) is 10.4. The third kappa shape index (κ3) is 1.55. The highest BCUT2D eigenvalue weighted by molar-refractivity contribution is 5.96. The number of hydrogen-bond donors (Lipinski definition) is 1. The lowest BCUT2D eigenvalue weighted by atomic mass is 9.42. The van der Waals surface area contributed by atoms with Crippen LogP contribution in [0.4, 0.5) is 0 Å². The Kier molecular flexibility index (Phi) is 3.01. The second kappa shape index (κ2) is 4.55. The number of Topliss-reactive ketones (excluding diaryl/α,β-unsaturated/α-hetero) is 1. The van der Waals surface area contributed by atoms with E-state index in [2.05, 4.69) is 19.9 Å². The number of rotatable bonds is 0. The quantitative estimate of drug-likeness (QED) is 0.672. The van der Waals surface area contributed by atoms with Crippen LogP contribution in [0.15, 0.2) is 0 Å². The van der Waals surface area contributed by atoms with Crippen molar-refractivity contribution in [1.29, 1.82) is 5.26 Å². The molecule has 1 aliphatic heterocycles. The van der Waals surface area contributed by atoms with E-state index in [1.54, 1.807) is 0 Å². The van der Waals surface area contributed by atoms with Crippen LogP contribution >= 0.6 is 0 Å². The predicted octanol–water partition coefficient (Wildman–Crippen LogP) is 3.62. The topological polar surface area (TPSA) is 73.6 Å². The molecule has 1 saturated heterocycles. The average molecular weight is 357 g/mol. The minimum atomic E-state index is -0.743. The number of carbonyl (C=O) groups excluding carboxylic acids is 1. The Labute approximate surface area is 156 Å². The van der Waals surface area contributed by atoms with Crippen LogP contribution in [-0.4, -0.2) is 27.7 Å². The summed E-state index contributed by atoms with van der Waals surface area (Å²) in [5, 5.41) is 20.6. The van der Waals surface area contributed by atoms with Gasteiger partial charge in [0.15, 0.2) is 11.4 Å². The van der Waals surface area contributed by atoms with Gasteiger partial charge in [0.25, 0.3) is 0 Å². The molecule has 0 amide bonds. The van der Waals surface area contributed by atoms with Crippen LogP contribution in [0, 0.1) is 45.8 Å². The summed E-state index contributed by atoms with van der Waals surface area (Å²) in [6, 6.07) is 2.28. The summed E-state index contributed by atoms with van der Waals surface area (Å²) in [5.74, 6) is 1.11. The molecule has 0 aromatic carbocycles. The van der Waals surface area contributed by atoms with Gasteiger partial charge in [-0.3, -0.25) is 4.79 Å². The molecule has 26 heavy (non-hydrogen) atoms. The smallest absolute Gasteiger partial charge is 0.184 e. The van der Waals surface area contributed by atoms with Crippen molar-refractivity contribution >= 4 is 5.78 Å². The van der Waals surface area contributed by atoms with Crippen molar-refractivity contribution in [2.24, 2.45) is 34.5 Å². The third-order valence-electron chi connectivity index (χ3n) is 10.2. The van der Waals surface area contributed by atoms with Crippen LogP contribution in [0.5, 0.6) is 0 Å². The number of hydrogen-bond acceptors (Lipinski definition) is 4. The van der Waals surface area contributed by atoms with Gasteiger partial charge in [0.2, 0.25) is 0 Å². The van der Waals surface area contributed by atoms with E-state index >= 15 is 0 Å². The highest BCUT2D eigenvalue weighted by atomic mass is 16.6. The average Bonchev–Trinajstić information content (AvgIpc) is 3.14. The van der Waals surface area contributed by atoms with Gasteiger partial charge >= 0.3 is 0 Å². The van der Waals surface area contributed by atoms with E-state index in [0.29, 0.717) is 24.2 Å². The molecule has 1 heterocycles. The predicted molar refractivity (Wildman–Crippen MR) is 96.0 cm³/mol. The minimum Gasteiger partial charge on any atom is -0.390 e. The second-order valence-electron chi connectivity index (χ2n) is 10.8. The molecule has 4 nitrogen and oxygen atoms in total. The van der Waals surface area contributed by atoms with Crippen LogP contribution in [0.1, 0.15) is 72.6 Å². The first-order valence-electron chi connectivity index (χ1n) is 10.4. The summed E-state index contributed by atoms with van der Waals surface area (Å²) in [6.07, 6.45) is 6.80. The first-order chi connectivity index (χ1) is 12.1. The maximum absolute atomic E-state index is 12.8. The molecule has 0 bridgehead atoms. The van der Waals surface area contributed by atoms with Crippen LogP contribution in [0.25, 0.3) is 0 Å². The summed E-state index contributed by atoms with van der Waals surface area (Å²) < 4.78 is 6.28. The van der Waals surface area contributed by atoms with Gasteiger partial charge in [0.1, 0.15) is 11.5 Å². The Hall–Kier alpha value is -0.920. The molecule has 142 valence electrons. The Morgan fingerprint density at radius 2 is 1.69 bits per heavy atom. The SMILES string of the molecule is C[C@]1(O)CC[C@H]2[C@@H]3CC[C@]45O[C@]4(C)C(=O)[C@H](C#N)C[C@]5(C)[C@H]3CC[C@@]21C. The summed E-state index contributed by atoms with van der Waals surface area (Å²) >= 11 is 0. The highest BCUT2D eigenvalue weighted by Crippen LogP contribution is 2.76. The highest BCUT2D eigenvalue weighted by Gasteiger charge is 2.84. The second-order valence-corrected chi connectivity index (χ2v) is 10.8. The number of fused-ring (bicyclic) bond motifs is 4. The third-order valence-corrected chi connectivity index (χ3v) is 10.2. The molecule has 0 aromatic heterocycles. The van der Waals surface area contributed by atoms with Gasteiger partial charge in [0.05, 0.1) is 11.7 Å². The normalized spacial score (nSPS) is 63.2. The largest absolute Gasteiger partial charge is 0.390 e. The molecule has 0 unspecified atom stereocenters. The molecular weight excluding hydrogens is 326 g/mol. The van der Waals surface area contributed by atoms with Gasteiger partial charge in [0, 0.05) is 5.41 Å². The summed E-state index contributed by atoms with van der Waals surface area (Å²) in [4.78, 5) is 12.8. The van der Waals surface area contributed by atoms with E-state index in [-0.39, 0.29) is 22.2 Å². The van der Waals surface area contributed by atoms with Crippen molar-refractivity contribution in [3.8, 4) is 6.07 Å². The van der Waals surface area contributed by atoms with Crippen molar-refractivity contribution in [2.45, 2.75) is 89.4 Å². The molecule has 4 aliphatic carbocycles. The van der Waals surface area contributed by atoms with Gasteiger partial charge in [-0.25, -0.2) is 0 Å². The molecule has 4 heteroatoms. The number of aliphatic hydroxyl groups is 1. The van der Waals surface area contributed by atoms with Crippen molar-refractivity contribution < 1.29 is 14.6 Å². The minimum absolute atomic E-state index is 0.00184. The zero-order chi connectivity index (χ0) is 18.8. The van der Waals surface area contributed by atoms with E-state index in [1.807, 2.05) is 13.8 Å². The van der Waals surface area contributed by atoms with Crippen LogP contribution < -0.4 is 0 Å². The maximum Gasteiger partial charge on any atom is 0.184 e. The molecule has 0 aromatic rings. The molecule has 0 radical (unpaired) electrons. The lowest BCUT2D eigenvalue weighted by molar-refractivity contribution is -0.153. The lowest BCUT2D eigenvalue weighted by Gasteiger charge is -2.60. The number of carbonyl (C=O) groups is 1. The van der Waals surface area contributed by atoms with E-state index in [0.717, 1.165) is 38.5 Å². The monoisotopic (exact) mass is 357 g/mol. The first kappa shape index (κ1) is 17.2. The fourth-order valence-electron chi connectivity index (χ4n) is 8.47. The molecule has 1 N–H and O–H groups in total. The zero-order valence-corrected chi connectivity index (χ0v) is 16.5. The van der Waals surface area contributed by atoms with Crippen LogP contribution in [0.2, 0.25) is 0 Å². The van der Waals surface area contributed by atoms with Gasteiger partial charge in [-0.2, -0.15) is 5.26 Å². The molecule has 9 atom stereocenters. The Bertz CT molecular complexity index is 740. The summed E-state index contributed by atoms with van der Waals surface area (Å²) in [6.45, 7) is 8.57. The number of ketones is 1. The van der Waals surface area contributed by atoms with Gasteiger partial charge in [-0.15, -0.1) is 0 Å². The van der Waals surface area contributed by atoms with Gasteiger partial charge in [-0.05, 0) is 82.0 Å². The van der Waals surface area contributed by atoms with E-state index < -0.39 is 17.1 Å². The van der Waals surface area contributed by atoms with Crippen LogP contribution in [0.3, 0.4) is 0 Å². The van der Waals surface area contributed by atoms with E-state index in [1.165, 1.54) is 0 Å². The van der Waals surface area contributed by atoms with Gasteiger partial charge in [-0.1, -0.05) is 13.8 Å². The molecule has 1 spiro atoms. The lowest BCUT2D eigenvalue weighted by Crippen LogP contribution is -2.62. The van der Waals surface area contributed by atoms with Crippen molar-refractivity contribution in [3.63, 3.8) is 0 Å². The van der Waals surface area contributed by atoms with E-state index in [4.69, 9.17) is 4.74 Å². The Balaban J connectivity index is 1.55. The summed E-state index contributed by atoms with van der Waals surface area (Å²) in [7, 11) is 0. The van der Waals surface area contributed by atoms with Crippen molar-refractivity contribution in [3.05, 3.63) is 0 Å². The van der Waals surface area contributed by atoms with Crippen molar-refractivity contribution in [2.75, 3.05) is 0 Å². The standard InChI is InChI=1S/C22H31NO3/c1-18-8-6-16-14(15(18)7-9-20(18,3)25)5-10-22-19(16,2)11-13(12-23)17(24)21(22,4)26-22/h13-16,25H,5-11H2,1-4H3/t13-,14-,15-,16-,18-,19+,20-,21+,22+/m0/s1. The number of nitrogens with zero attached hydrogens (tertiary/aromatic N) is 1. The molecule has 5 aliphatic rings.